The lowest BCUT2D eigenvalue weighted by Gasteiger charge is -2.11. The number of allylic oxidation sites excluding steroid dienone is 1. The van der Waals surface area contributed by atoms with E-state index in [4.69, 9.17) is 4.74 Å². The molecular formula is C13H16O2. The summed E-state index contributed by atoms with van der Waals surface area (Å²) in [6.45, 7) is 5.35. The van der Waals surface area contributed by atoms with Crippen molar-refractivity contribution >= 4 is 5.78 Å². The first-order valence-corrected chi connectivity index (χ1v) is 4.93. The molecule has 0 radical (unpaired) electrons. The fraction of sp³-hybridized carbons (Fsp3) is 0.308. The van der Waals surface area contributed by atoms with E-state index < -0.39 is 0 Å². The predicted molar refractivity (Wildman–Crippen MR) is 61.2 cm³/mol. The van der Waals surface area contributed by atoms with Crippen molar-refractivity contribution < 1.29 is 9.53 Å². The SMILES string of the molecule is C=CC(CC(C)=O)c1ccc(OC)cc1. The number of rotatable bonds is 5. The van der Waals surface area contributed by atoms with Gasteiger partial charge in [0.05, 0.1) is 7.11 Å². The van der Waals surface area contributed by atoms with Crippen molar-refractivity contribution in [3.05, 3.63) is 42.5 Å². The molecule has 1 atom stereocenters. The fourth-order valence-corrected chi connectivity index (χ4v) is 1.50. The smallest absolute Gasteiger partial charge is 0.130 e. The summed E-state index contributed by atoms with van der Waals surface area (Å²) >= 11 is 0. The Morgan fingerprint density at radius 3 is 2.47 bits per heavy atom. The highest BCUT2D eigenvalue weighted by molar-refractivity contribution is 5.76. The highest BCUT2D eigenvalue weighted by Gasteiger charge is 2.09. The molecule has 0 aromatic heterocycles. The highest BCUT2D eigenvalue weighted by Crippen LogP contribution is 2.23. The van der Waals surface area contributed by atoms with E-state index >= 15 is 0 Å². The molecule has 1 unspecified atom stereocenters. The topological polar surface area (TPSA) is 26.3 Å². The molecule has 0 amide bonds. The van der Waals surface area contributed by atoms with Gasteiger partial charge in [-0.15, -0.1) is 6.58 Å². The van der Waals surface area contributed by atoms with Gasteiger partial charge in [0.2, 0.25) is 0 Å². The molecular weight excluding hydrogens is 188 g/mol. The number of ether oxygens (including phenoxy) is 1. The molecule has 0 aliphatic rings. The third-order valence-corrected chi connectivity index (χ3v) is 2.34. The molecule has 1 aromatic carbocycles. The zero-order chi connectivity index (χ0) is 11.3. The Kier molecular flexibility index (Phi) is 4.10. The van der Waals surface area contributed by atoms with Gasteiger partial charge in [-0.2, -0.15) is 0 Å². The van der Waals surface area contributed by atoms with Gasteiger partial charge in [-0.1, -0.05) is 18.2 Å². The van der Waals surface area contributed by atoms with Gasteiger partial charge in [0, 0.05) is 12.3 Å². The van der Waals surface area contributed by atoms with Crippen molar-refractivity contribution in [1.29, 1.82) is 0 Å². The van der Waals surface area contributed by atoms with Crippen LogP contribution in [0.1, 0.15) is 24.8 Å². The summed E-state index contributed by atoms with van der Waals surface area (Å²) in [4.78, 5) is 11.0. The van der Waals surface area contributed by atoms with E-state index in [1.165, 1.54) is 0 Å². The standard InChI is InChI=1S/C13H16O2/c1-4-11(9-10(2)14)12-5-7-13(15-3)8-6-12/h4-8,11H,1,9H2,2-3H3. The Labute approximate surface area is 90.6 Å². The van der Waals surface area contributed by atoms with Crippen LogP contribution in [0.2, 0.25) is 0 Å². The summed E-state index contributed by atoms with van der Waals surface area (Å²) in [5.74, 6) is 1.11. The molecule has 80 valence electrons. The maximum atomic E-state index is 11.0. The lowest BCUT2D eigenvalue weighted by atomic mass is 9.94. The zero-order valence-corrected chi connectivity index (χ0v) is 9.19. The highest BCUT2D eigenvalue weighted by atomic mass is 16.5. The van der Waals surface area contributed by atoms with Gasteiger partial charge >= 0.3 is 0 Å². The second kappa shape index (κ2) is 5.35. The number of carbonyl (C=O) groups excluding carboxylic acids is 1. The average molecular weight is 204 g/mol. The number of benzene rings is 1. The Balaban J connectivity index is 2.82. The number of carbonyl (C=O) groups is 1. The maximum absolute atomic E-state index is 11.0. The number of Topliss-reactive ketones (excluding diaryl/α,β-unsaturated/α-hetero) is 1. The molecule has 0 fully saturated rings. The van der Waals surface area contributed by atoms with E-state index in [1.807, 2.05) is 30.3 Å². The van der Waals surface area contributed by atoms with Crippen LogP contribution in [-0.4, -0.2) is 12.9 Å². The van der Waals surface area contributed by atoms with Gasteiger partial charge in [-0.05, 0) is 24.6 Å². The van der Waals surface area contributed by atoms with Crippen LogP contribution in [0.4, 0.5) is 0 Å². The minimum atomic E-state index is 0.105. The molecule has 0 saturated carbocycles. The van der Waals surface area contributed by atoms with Crippen molar-refractivity contribution in [2.75, 3.05) is 7.11 Å². The van der Waals surface area contributed by atoms with Crippen LogP contribution >= 0.6 is 0 Å². The molecule has 0 spiro atoms. The van der Waals surface area contributed by atoms with Gasteiger partial charge < -0.3 is 4.74 Å². The second-order valence-electron chi connectivity index (χ2n) is 3.52. The van der Waals surface area contributed by atoms with E-state index in [1.54, 1.807) is 14.0 Å². The predicted octanol–water partition coefficient (Wildman–Crippen LogP) is 2.94. The Morgan fingerprint density at radius 1 is 1.47 bits per heavy atom. The van der Waals surface area contributed by atoms with Gasteiger partial charge in [0.1, 0.15) is 11.5 Å². The fourth-order valence-electron chi connectivity index (χ4n) is 1.50. The number of methoxy groups -OCH3 is 1. The van der Waals surface area contributed by atoms with E-state index in [0.29, 0.717) is 6.42 Å². The first-order valence-electron chi connectivity index (χ1n) is 4.93. The average Bonchev–Trinajstić information content (AvgIpc) is 2.26. The molecule has 1 aromatic rings. The molecule has 0 saturated heterocycles. The zero-order valence-electron chi connectivity index (χ0n) is 9.19. The minimum Gasteiger partial charge on any atom is -0.497 e. The van der Waals surface area contributed by atoms with Gasteiger partial charge in [-0.3, -0.25) is 4.79 Å². The lowest BCUT2D eigenvalue weighted by Crippen LogP contribution is -2.01. The molecule has 2 nitrogen and oxygen atoms in total. The van der Waals surface area contributed by atoms with Gasteiger partial charge in [0.15, 0.2) is 0 Å². The summed E-state index contributed by atoms with van der Waals surface area (Å²) in [5, 5.41) is 0. The molecule has 1 rings (SSSR count). The van der Waals surface area contributed by atoms with Crippen molar-refractivity contribution in [1.82, 2.24) is 0 Å². The minimum absolute atomic E-state index is 0.105. The largest absolute Gasteiger partial charge is 0.497 e. The molecule has 2 heteroatoms. The molecule has 0 heterocycles. The number of hydrogen-bond acceptors (Lipinski definition) is 2. The Hall–Kier alpha value is -1.57. The van der Waals surface area contributed by atoms with Crippen molar-refractivity contribution in [3.8, 4) is 5.75 Å². The van der Waals surface area contributed by atoms with Crippen molar-refractivity contribution in [3.63, 3.8) is 0 Å². The molecule has 0 aliphatic carbocycles. The van der Waals surface area contributed by atoms with Crippen molar-refractivity contribution in [2.45, 2.75) is 19.3 Å². The van der Waals surface area contributed by atoms with Crippen LogP contribution in [0.3, 0.4) is 0 Å². The lowest BCUT2D eigenvalue weighted by molar-refractivity contribution is -0.117. The summed E-state index contributed by atoms with van der Waals surface area (Å²) in [7, 11) is 1.63. The molecule has 0 aliphatic heterocycles. The number of hydrogen-bond donors (Lipinski definition) is 0. The summed E-state index contributed by atoms with van der Waals surface area (Å²) in [6, 6.07) is 7.72. The van der Waals surface area contributed by atoms with Crippen LogP contribution in [0.25, 0.3) is 0 Å². The van der Waals surface area contributed by atoms with Crippen molar-refractivity contribution in [2.24, 2.45) is 0 Å². The third-order valence-electron chi connectivity index (χ3n) is 2.34. The van der Waals surface area contributed by atoms with Crippen LogP contribution in [0, 0.1) is 0 Å². The van der Waals surface area contributed by atoms with Gasteiger partial charge in [0.25, 0.3) is 0 Å². The number of ketones is 1. The van der Waals surface area contributed by atoms with E-state index in [9.17, 15) is 4.79 Å². The Bertz CT molecular complexity index is 338. The normalized spacial score (nSPS) is 11.9. The molecule has 15 heavy (non-hydrogen) atoms. The van der Waals surface area contributed by atoms with E-state index in [2.05, 4.69) is 6.58 Å². The quantitative estimate of drug-likeness (QED) is 0.689. The maximum Gasteiger partial charge on any atom is 0.130 e. The summed E-state index contributed by atoms with van der Waals surface area (Å²) in [6.07, 6.45) is 2.32. The summed E-state index contributed by atoms with van der Waals surface area (Å²) in [5.41, 5.74) is 1.10. The molecule has 0 N–H and O–H groups in total. The summed E-state index contributed by atoms with van der Waals surface area (Å²) < 4.78 is 5.07. The monoisotopic (exact) mass is 204 g/mol. The van der Waals surface area contributed by atoms with Crippen LogP contribution in [0.15, 0.2) is 36.9 Å². The van der Waals surface area contributed by atoms with Crippen LogP contribution in [-0.2, 0) is 4.79 Å². The first kappa shape index (κ1) is 11.5. The van der Waals surface area contributed by atoms with Crippen LogP contribution < -0.4 is 4.74 Å². The third kappa shape index (κ3) is 3.24. The Morgan fingerprint density at radius 2 is 2.07 bits per heavy atom. The van der Waals surface area contributed by atoms with E-state index in [0.717, 1.165) is 11.3 Å². The van der Waals surface area contributed by atoms with E-state index in [-0.39, 0.29) is 11.7 Å². The van der Waals surface area contributed by atoms with Crippen LogP contribution in [0.5, 0.6) is 5.75 Å². The molecule has 0 bridgehead atoms. The first-order chi connectivity index (χ1) is 7.17. The second-order valence-corrected chi connectivity index (χ2v) is 3.52. The van der Waals surface area contributed by atoms with Gasteiger partial charge in [-0.25, -0.2) is 0 Å².